The quantitative estimate of drug-likeness (QED) is 0.613. The molecule has 0 radical (unpaired) electrons. The van der Waals surface area contributed by atoms with Crippen LogP contribution in [0.25, 0.3) is 0 Å². The third-order valence-corrected chi connectivity index (χ3v) is 3.49. The average molecular weight is 277 g/mol. The maximum Gasteiger partial charge on any atom is 0.0717 e. The summed E-state index contributed by atoms with van der Waals surface area (Å²) in [5, 5.41) is 3.43. The summed E-state index contributed by atoms with van der Waals surface area (Å²) >= 11 is 0. The van der Waals surface area contributed by atoms with E-state index in [-0.39, 0.29) is 0 Å². The Labute approximate surface area is 124 Å². The molecule has 2 heteroatoms. The molecule has 0 aromatic heterocycles. The van der Waals surface area contributed by atoms with Gasteiger partial charge in [0.05, 0.1) is 6.61 Å². The molecule has 1 aromatic carbocycles. The van der Waals surface area contributed by atoms with Crippen LogP contribution in [0.15, 0.2) is 24.3 Å². The van der Waals surface area contributed by atoms with Crippen molar-refractivity contribution in [1.29, 1.82) is 0 Å². The van der Waals surface area contributed by atoms with Crippen LogP contribution in [0.2, 0.25) is 0 Å². The summed E-state index contributed by atoms with van der Waals surface area (Å²) in [6.07, 6.45) is 4.80. The van der Waals surface area contributed by atoms with Gasteiger partial charge in [0, 0.05) is 6.61 Å². The highest BCUT2D eigenvalue weighted by molar-refractivity contribution is 5.22. The van der Waals surface area contributed by atoms with E-state index in [1.54, 1.807) is 0 Å². The second kappa shape index (κ2) is 10.9. The van der Waals surface area contributed by atoms with Crippen molar-refractivity contribution in [2.45, 2.75) is 53.1 Å². The lowest BCUT2D eigenvalue weighted by Crippen LogP contribution is -2.17. The van der Waals surface area contributed by atoms with Gasteiger partial charge in [-0.25, -0.2) is 0 Å². The summed E-state index contributed by atoms with van der Waals surface area (Å²) in [5.74, 6) is 0.670. The minimum Gasteiger partial charge on any atom is -0.376 e. The standard InChI is InChI=1S/C18H31NO/c1-4-6-16(3)14-20-15-18-9-7-17(8-10-18)11-13-19-12-5-2/h7-10,16,19H,4-6,11-15H2,1-3H3. The van der Waals surface area contributed by atoms with Crippen LogP contribution in [0.5, 0.6) is 0 Å². The molecule has 0 bridgehead atoms. The SMILES string of the molecule is CCCNCCc1ccc(COCC(C)CCC)cc1. The highest BCUT2D eigenvalue weighted by atomic mass is 16.5. The Bertz CT molecular complexity index is 334. The molecule has 0 aliphatic heterocycles. The molecular weight excluding hydrogens is 246 g/mol. The van der Waals surface area contributed by atoms with E-state index >= 15 is 0 Å². The lowest BCUT2D eigenvalue weighted by atomic mass is 10.1. The minimum absolute atomic E-state index is 0.670. The van der Waals surface area contributed by atoms with Crippen LogP contribution in [0, 0.1) is 5.92 Å². The van der Waals surface area contributed by atoms with Crippen molar-refractivity contribution in [1.82, 2.24) is 5.32 Å². The molecule has 1 unspecified atom stereocenters. The zero-order valence-corrected chi connectivity index (χ0v) is 13.5. The zero-order valence-electron chi connectivity index (χ0n) is 13.5. The van der Waals surface area contributed by atoms with E-state index in [9.17, 15) is 0 Å². The van der Waals surface area contributed by atoms with Crippen molar-refractivity contribution in [2.75, 3.05) is 19.7 Å². The highest BCUT2D eigenvalue weighted by Crippen LogP contribution is 2.09. The van der Waals surface area contributed by atoms with Crippen LogP contribution in [0.4, 0.5) is 0 Å². The maximum absolute atomic E-state index is 5.77. The van der Waals surface area contributed by atoms with Crippen LogP contribution < -0.4 is 5.32 Å². The van der Waals surface area contributed by atoms with Gasteiger partial charge >= 0.3 is 0 Å². The third kappa shape index (κ3) is 7.66. The Hall–Kier alpha value is -0.860. The van der Waals surface area contributed by atoms with Crippen molar-refractivity contribution in [3.05, 3.63) is 35.4 Å². The van der Waals surface area contributed by atoms with Crippen LogP contribution in [0.3, 0.4) is 0 Å². The van der Waals surface area contributed by atoms with Crippen molar-refractivity contribution in [3.63, 3.8) is 0 Å². The largest absolute Gasteiger partial charge is 0.376 e. The lowest BCUT2D eigenvalue weighted by molar-refractivity contribution is 0.0893. The van der Waals surface area contributed by atoms with E-state index in [1.807, 2.05) is 0 Å². The van der Waals surface area contributed by atoms with Crippen LogP contribution in [0.1, 0.15) is 51.2 Å². The van der Waals surface area contributed by atoms with E-state index in [0.717, 1.165) is 32.7 Å². The fraction of sp³-hybridized carbons (Fsp3) is 0.667. The fourth-order valence-corrected chi connectivity index (χ4v) is 2.29. The van der Waals surface area contributed by atoms with E-state index in [0.29, 0.717) is 5.92 Å². The fourth-order valence-electron chi connectivity index (χ4n) is 2.29. The van der Waals surface area contributed by atoms with Crippen molar-refractivity contribution < 1.29 is 4.74 Å². The smallest absolute Gasteiger partial charge is 0.0717 e. The van der Waals surface area contributed by atoms with E-state index < -0.39 is 0 Å². The predicted molar refractivity (Wildman–Crippen MR) is 87.0 cm³/mol. The first-order chi connectivity index (χ1) is 9.76. The molecule has 1 N–H and O–H groups in total. The monoisotopic (exact) mass is 277 g/mol. The van der Waals surface area contributed by atoms with Gasteiger partial charge in [0.1, 0.15) is 0 Å². The summed E-state index contributed by atoms with van der Waals surface area (Å²) < 4.78 is 5.77. The van der Waals surface area contributed by atoms with Crippen LogP contribution in [-0.2, 0) is 17.8 Å². The van der Waals surface area contributed by atoms with Crippen LogP contribution in [-0.4, -0.2) is 19.7 Å². The normalized spacial score (nSPS) is 12.6. The summed E-state index contributed by atoms with van der Waals surface area (Å²) in [4.78, 5) is 0. The van der Waals surface area contributed by atoms with Crippen LogP contribution >= 0.6 is 0 Å². The van der Waals surface area contributed by atoms with Gasteiger partial charge in [-0.2, -0.15) is 0 Å². The third-order valence-electron chi connectivity index (χ3n) is 3.49. The molecule has 114 valence electrons. The van der Waals surface area contributed by atoms with Gasteiger partial charge in [-0.15, -0.1) is 0 Å². The molecule has 1 rings (SSSR count). The number of hydrogen-bond donors (Lipinski definition) is 1. The predicted octanol–water partition coefficient (Wildman–Crippen LogP) is 4.18. The molecule has 0 aliphatic carbocycles. The molecule has 0 saturated carbocycles. The highest BCUT2D eigenvalue weighted by Gasteiger charge is 2.01. The van der Waals surface area contributed by atoms with Gasteiger partial charge < -0.3 is 10.1 Å². The Morgan fingerprint density at radius 3 is 2.35 bits per heavy atom. The lowest BCUT2D eigenvalue weighted by Gasteiger charge is -2.11. The van der Waals surface area contributed by atoms with Gasteiger partial charge in [0.2, 0.25) is 0 Å². The average Bonchev–Trinajstić information content (AvgIpc) is 2.45. The van der Waals surface area contributed by atoms with Gasteiger partial charge in [0.25, 0.3) is 0 Å². The molecule has 0 saturated heterocycles. The molecule has 0 heterocycles. The number of benzene rings is 1. The molecular formula is C18H31NO. The number of nitrogens with one attached hydrogen (secondary N) is 1. The van der Waals surface area contributed by atoms with E-state index in [1.165, 1.54) is 30.4 Å². The summed E-state index contributed by atoms with van der Waals surface area (Å²) in [6.45, 7) is 10.5. The first kappa shape index (κ1) is 17.2. The first-order valence-corrected chi connectivity index (χ1v) is 8.12. The molecule has 1 atom stereocenters. The molecule has 20 heavy (non-hydrogen) atoms. The molecule has 0 spiro atoms. The Kier molecular flexibility index (Phi) is 9.35. The van der Waals surface area contributed by atoms with Gasteiger partial charge in [-0.3, -0.25) is 0 Å². The summed E-state index contributed by atoms with van der Waals surface area (Å²) in [6, 6.07) is 8.84. The van der Waals surface area contributed by atoms with Crippen molar-refractivity contribution in [2.24, 2.45) is 5.92 Å². The topological polar surface area (TPSA) is 21.3 Å². The van der Waals surface area contributed by atoms with Crippen molar-refractivity contribution in [3.8, 4) is 0 Å². The van der Waals surface area contributed by atoms with Crippen molar-refractivity contribution >= 4 is 0 Å². The Morgan fingerprint density at radius 2 is 1.70 bits per heavy atom. The minimum atomic E-state index is 0.670. The zero-order chi connectivity index (χ0) is 14.6. The molecule has 0 aliphatic rings. The Morgan fingerprint density at radius 1 is 1.00 bits per heavy atom. The van der Waals surface area contributed by atoms with Gasteiger partial charge in [0.15, 0.2) is 0 Å². The molecule has 0 fully saturated rings. The second-order valence-electron chi connectivity index (χ2n) is 5.73. The number of rotatable bonds is 11. The van der Waals surface area contributed by atoms with E-state index in [2.05, 4.69) is 50.4 Å². The summed E-state index contributed by atoms with van der Waals surface area (Å²) in [5.41, 5.74) is 2.68. The Balaban J connectivity index is 2.21. The first-order valence-electron chi connectivity index (χ1n) is 8.12. The maximum atomic E-state index is 5.77. The molecule has 0 amide bonds. The van der Waals surface area contributed by atoms with Gasteiger partial charge in [-0.05, 0) is 49.4 Å². The summed E-state index contributed by atoms with van der Waals surface area (Å²) in [7, 11) is 0. The molecule has 2 nitrogen and oxygen atoms in total. The number of ether oxygens (including phenoxy) is 1. The van der Waals surface area contributed by atoms with E-state index in [4.69, 9.17) is 4.74 Å². The second-order valence-corrected chi connectivity index (χ2v) is 5.73. The molecule has 1 aromatic rings. The number of hydrogen-bond acceptors (Lipinski definition) is 2. The van der Waals surface area contributed by atoms with Gasteiger partial charge in [-0.1, -0.05) is 51.5 Å².